The number of benzene rings is 1. The summed E-state index contributed by atoms with van der Waals surface area (Å²) in [4.78, 5) is 24.4. The zero-order valence-electron chi connectivity index (χ0n) is 12.8. The quantitative estimate of drug-likeness (QED) is 0.797. The third-order valence-electron chi connectivity index (χ3n) is 2.99. The molecule has 2 rings (SSSR count). The van der Waals surface area contributed by atoms with E-state index in [1.165, 1.54) is 17.4 Å². The zero-order chi connectivity index (χ0) is 17.5. The summed E-state index contributed by atoms with van der Waals surface area (Å²) < 4.78 is 16.9. The van der Waals surface area contributed by atoms with E-state index in [9.17, 15) is 13.8 Å². The van der Waals surface area contributed by atoms with Gasteiger partial charge in [0.05, 0.1) is 26.8 Å². The van der Waals surface area contributed by atoms with Gasteiger partial charge in [0.1, 0.15) is 11.1 Å². The molecule has 2 aromatic rings. The summed E-state index contributed by atoms with van der Waals surface area (Å²) in [5.41, 5.74) is 0.530. The van der Waals surface area contributed by atoms with Gasteiger partial charge in [-0.2, -0.15) is 5.26 Å². The number of carbonyl (C=O) groups excluding carboxylic acids is 2. The molecule has 0 radical (unpaired) electrons. The number of nitrogens with one attached hydrogen (secondary N) is 1. The van der Waals surface area contributed by atoms with Crippen LogP contribution in [0.25, 0.3) is 0 Å². The second-order valence-electron chi connectivity index (χ2n) is 4.53. The molecule has 0 aliphatic carbocycles. The number of amides is 1. The highest BCUT2D eigenvalue weighted by Crippen LogP contribution is 2.22. The number of esters is 1. The van der Waals surface area contributed by atoms with Crippen molar-refractivity contribution in [2.24, 2.45) is 0 Å². The maximum Gasteiger partial charge on any atom is 0.339 e. The minimum atomic E-state index is -1.30. The Morgan fingerprint density at radius 3 is 2.79 bits per heavy atom. The van der Waals surface area contributed by atoms with E-state index in [4.69, 9.17) is 10.00 Å². The number of carbonyl (C=O) groups is 2. The molecule has 24 heavy (non-hydrogen) atoms. The molecule has 0 saturated heterocycles. The Hall–Kier alpha value is -2.50. The van der Waals surface area contributed by atoms with Crippen LogP contribution in [0.1, 0.15) is 22.8 Å². The minimum Gasteiger partial charge on any atom is -0.452 e. The van der Waals surface area contributed by atoms with E-state index in [-0.39, 0.29) is 5.56 Å². The smallest absolute Gasteiger partial charge is 0.339 e. The van der Waals surface area contributed by atoms with Crippen molar-refractivity contribution >= 4 is 39.0 Å². The Balaban J connectivity index is 2.00. The minimum absolute atomic E-state index is 0.180. The van der Waals surface area contributed by atoms with Crippen LogP contribution < -0.4 is 5.32 Å². The molecular weight excluding hydrogens is 348 g/mol. The molecule has 8 heteroatoms. The third kappa shape index (κ3) is 4.28. The average molecular weight is 362 g/mol. The molecule has 1 aromatic heterocycles. The standard InChI is InChI=1S/C16H14N2O4S2/c1-2-24(21)13-6-4-3-5-12(13)16(20)22-10-14(19)18-15-11(9-17)7-8-23-15/h3-8H,2,10H2,1H3,(H,18,19). The SMILES string of the molecule is CCS(=O)c1ccccc1C(=O)OCC(=O)Nc1sccc1C#N. The molecule has 0 aliphatic heterocycles. The molecule has 1 atom stereocenters. The lowest BCUT2D eigenvalue weighted by Crippen LogP contribution is -2.21. The van der Waals surface area contributed by atoms with Gasteiger partial charge in [-0.1, -0.05) is 19.1 Å². The van der Waals surface area contributed by atoms with Gasteiger partial charge in [-0.15, -0.1) is 11.3 Å². The van der Waals surface area contributed by atoms with Crippen LogP contribution >= 0.6 is 11.3 Å². The van der Waals surface area contributed by atoms with Crippen molar-refractivity contribution in [3.63, 3.8) is 0 Å². The Morgan fingerprint density at radius 2 is 2.08 bits per heavy atom. The van der Waals surface area contributed by atoms with E-state index in [1.807, 2.05) is 6.07 Å². The maximum atomic E-state index is 12.1. The van der Waals surface area contributed by atoms with Gasteiger partial charge >= 0.3 is 5.97 Å². The lowest BCUT2D eigenvalue weighted by Gasteiger charge is -2.08. The number of rotatable bonds is 6. The molecule has 1 heterocycles. The van der Waals surface area contributed by atoms with Crippen LogP contribution in [0.4, 0.5) is 5.00 Å². The molecule has 0 aliphatic rings. The molecule has 124 valence electrons. The Kier molecular flexibility index (Phi) is 6.23. The van der Waals surface area contributed by atoms with Crippen LogP contribution in [-0.4, -0.2) is 28.4 Å². The molecule has 0 fully saturated rings. The zero-order valence-corrected chi connectivity index (χ0v) is 14.4. The molecule has 1 unspecified atom stereocenters. The number of hydrogen-bond donors (Lipinski definition) is 1. The van der Waals surface area contributed by atoms with Crippen LogP contribution in [0, 0.1) is 11.3 Å². The summed E-state index contributed by atoms with van der Waals surface area (Å²) in [7, 11) is -1.30. The highest BCUT2D eigenvalue weighted by atomic mass is 32.2. The maximum absolute atomic E-state index is 12.1. The van der Waals surface area contributed by atoms with Crippen molar-refractivity contribution in [2.75, 3.05) is 17.7 Å². The van der Waals surface area contributed by atoms with Crippen molar-refractivity contribution in [1.82, 2.24) is 0 Å². The van der Waals surface area contributed by atoms with E-state index < -0.39 is 29.3 Å². The van der Waals surface area contributed by atoms with Gasteiger partial charge in [-0.05, 0) is 23.6 Å². The van der Waals surface area contributed by atoms with Crippen LogP contribution in [0.15, 0.2) is 40.6 Å². The normalized spacial score (nSPS) is 11.3. The molecular formula is C16H14N2O4S2. The first-order chi connectivity index (χ1) is 11.6. The fourth-order valence-corrected chi connectivity index (χ4v) is 3.55. The molecule has 6 nitrogen and oxygen atoms in total. The number of nitriles is 1. The van der Waals surface area contributed by atoms with Crippen LogP contribution in [0.2, 0.25) is 0 Å². The number of nitrogens with zero attached hydrogens (tertiary/aromatic N) is 1. The first kappa shape index (κ1) is 17.8. The summed E-state index contributed by atoms with van der Waals surface area (Å²) in [6.07, 6.45) is 0. The summed E-state index contributed by atoms with van der Waals surface area (Å²) in [6.45, 7) is 1.26. The van der Waals surface area contributed by atoms with Crippen LogP contribution in [0.3, 0.4) is 0 Å². The van der Waals surface area contributed by atoms with Crippen molar-refractivity contribution in [3.05, 3.63) is 46.8 Å². The van der Waals surface area contributed by atoms with E-state index >= 15 is 0 Å². The van der Waals surface area contributed by atoms with E-state index in [0.717, 1.165) is 0 Å². The second-order valence-corrected chi connectivity index (χ2v) is 7.15. The topological polar surface area (TPSA) is 96.3 Å². The fourth-order valence-electron chi connectivity index (χ4n) is 1.85. The lowest BCUT2D eigenvalue weighted by molar-refractivity contribution is -0.119. The van der Waals surface area contributed by atoms with Crippen LogP contribution in [-0.2, 0) is 20.3 Å². The summed E-state index contributed by atoms with van der Waals surface area (Å²) in [5.74, 6) is -0.884. The second kappa shape index (κ2) is 8.38. The van der Waals surface area contributed by atoms with Gasteiger partial charge < -0.3 is 10.1 Å². The predicted molar refractivity (Wildman–Crippen MR) is 91.3 cm³/mol. The van der Waals surface area contributed by atoms with E-state index in [0.29, 0.717) is 21.2 Å². The monoisotopic (exact) mass is 362 g/mol. The van der Waals surface area contributed by atoms with Crippen molar-refractivity contribution in [1.29, 1.82) is 5.26 Å². The Morgan fingerprint density at radius 1 is 1.33 bits per heavy atom. The van der Waals surface area contributed by atoms with E-state index in [2.05, 4.69) is 5.32 Å². The fraction of sp³-hybridized carbons (Fsp3) is 0.188. The van der Waals surface area contributed by atoms with Crippen LogP contribution in [0.5, 0.6) is 0 Å². The van der Waals surface area contributed by atoms with Gasteiger partial charge in [-0.3, -0.25) is 9.00 Å². The molecule has 1 N–H and O–H groups in total. The summed E-state index contributed by atoms with van der Waals surface area (Å²) >= 11 is 1.21. The predicted octanol–water partition coefficient (Wildman–Crippen LogP) is 2.54. The van der Waals surface area contributed by atoms with Gasteiger partial charge in [0.25, 0.3) is 5.91 Å². The van der Waals surface area contributed by atoms with Gasteiger partial charge in [0.2, 0.25) is 0 Å². The average Bonchev–Trinajstić information content (AvgIpc) is 3.06. The number of anilines is 1. The molecule has 0 spiro atoms. The van der Waals surface area contributed by atoms with Gasteiger partial charge in [0, 0.05) is 5.75 Å². The Bertz CT molecular complexity index is 823. The van der Waals surface area contributed by atoms with Gasteiger partial charge in [-0.25, -0.2) is 4.79 Å². The van der Waals surface area contributed by atoms with Crippen molar-refractivity contribution in [3.8, 4) is 6.07 Å². The summed E-state index contributed by atoms with van der Waals surface area (Å²) in [5, 5.41) is 13.5. The summed E-state index contributed by atoms with van der Waals surface area (Å²) in [6, 6.07) is 9.97. The van der Waals surface area contributed by atoms with Gasteiger partial charge in [0.15, 0.2) is 6.61 Å². The third-order valence-corrected chi connectivity index (χ3v) is 5.19. The molecule has 1 aromatic carbocycles. The molecule has 0 bridgehead atoms. The highest BCUT2D eigenvalue weighted by Gasteiger charge is 2.17. The largest absolute Gasteiger partial charge is 0.452 e. The lowest BCUT2D eigenvalue weighted by atomic mass is 10.2. The number of thiophene rings is 1. The van der Waals surface area contributed by atoms with E-state index in [1.54, 1.807) is 36.6 Å². The highest BCUT2D eigenvalue weighted by molar-refractivity contribution is 7.85. The van der Waals surface area contributed by atoms with Crippen molar-refractivity contribution < 1.29 is 18.5 Å². The van der Waals surface area contributed by atoms with Crippen molar-refractivity contribution in [2.45, 2.75) is 11.8 Å². The Labute approximate surface area is 145 Å². The molecule has 1 amide bonds. The number of hydrogen-bond acceptors (Lipinski definition) is 6. The number of ether oxygens (including phenoxy) is 1. The first-order valence-electron chi connectivity index (χ1n) is 6.98. The molecule has 0 saturated carbocycles. The first-order valence-corrected chi connectivity index (χ1v) is 9.18.